The Morgan fingerprint density at radius 1 is 1.21 bits per heavy atom. The summed E-state index contributed by atoms with van der Waals surface area (Å²) in [4.78, 5) is 4.45. The van der Waals surface area contributed by atoms with Gasteiger partial charge in [-0.25, -0.2) is 0 Å². The van der Waals surface area contributed by atoms with Crippen LogP contribution in [0.4, 0.5) is 0 Å². The van der Waals surface area contributed by atoms with E-state index in [1.165, 1.54) is 16.8 Å². The van der Waals surface area contributed by atoms with Crippen LogP contribution in [-0.2, 0) is 5.41 Å². The zero-order valence-electron chi connectivity index (χ0n) is 10.2. The maximum atomic E-state index is 4.45. The van der Waals surface area contributed by atoms with Crippen molar-refractivity contribution in [1.29, 1.82) is 0 Å². The highest BCUT2D eigenvalue weighted by molar-refractivity contribution is 5.32. The molecule has 0 bridgehead atoms. The number of aromatic nitrogens is 1. The molecule has 14 heavy (non-hydrogen) atoms. The zero-order chi connectivity index (χ0) is 10.9. The van der Waals surface area contributed by atoms with Crippen molar-refractivity contribution in [2.24, 2.45) is 0 Å². The van der Waals surface area contributed by atoms with E-state index in [-0.39, 0.29) is 5.41 Å². The average molecular weight is 191 g/mol. The molecule has 0 unspecified atom stereocenters. The maximum absolute atomic E-state index is 4.45. The minimum atomic E-state index is 0.219. The van der Waals surface area contributed by atoms with E-state index in [2.05, 4.69) is 52.6 Å². The van der Waals surface area contributed by atoms with E-state index >= 15 is 0 Å². The molecule has 0 saturated heterocycles. The standard InChI is InChI=1S/C13H21N/c1-9(2)12-7-11(13(4,5)6)10(3)8-14-12/h7-9H,1-6H3. The molecule has 78 valence electrons. The molecule has 0 aliphatic carbocycles. The summed E-state index contributed by atoms with van der Waals surface area (Å²) in [6.45, 7) is 13.3. The van der Waals surface area contributed by atoms with E-state index in [1.807, 2.05) is 6.20 Å². The van der Waals surface area contributed by atoms with Crippen LogP contribution in [0.2, 0.25) is 0 Å². The first-order valence-electron chi connectivity index (χ1n) is 5.29. The molecule has 1 aromatic heterocycles. The van der Waals surface area contributed by atoms with Crippen LogP contribution in [0.5, 0.6) is 0 Å². The molecule has 1 aromatic rings. The van der Waals surface area contributed by atoms with Crippen LogP contribution in [0.15, 0.2) is 12.3 Å². The molecule has 0 saturated carbocycles. The minimum Gasteiger partial charge on any atom is -0.261 e. The van der Waals surface area contributed by atoms with Crippen molar-refractivity contribution < 1.29 is 0 Å². The van der Waals surface area contributed by atoms with Gasteiger partial charge in [0.1, 0.15) is 0 Å². The molecule has 0 N–H and O–H groups in total. The number of rotatable bonds is 1. The van der Waals surface area contributed by atoms with Gasteiger partial charge in [0.15, 0.2) is 0 Å². The van der Waals surface area contributed by atoms with Gasteiger partial charge in [0.05, 0.1) is 0 Å². The monoisotopic (exact) mass is 191 g/mol. The van der Waals surface area contributed by atoms with Gasteiger partial charge >= 0.3 is 0 Å². The first-order chi connectivity index (χ1) is 6.32. The molecule has 1 heteroatoms. The summed E-state index contributed by atoms with van der Waals surface area (Å²) >= 11 is 0. The highest BCUT2D eigenvalue weighted by atomic mass is 14.7. The number of nitrogens with zero attached hydrogens (tertiary/aromatic N) is 1. The smallest absolute Gasteiger partial charge is 0.0432 e. The highest BCUT2D eigenvalue weighted by Gasteiger charge is 2.17. The van der Waals surface area contributed by atoms with Gasteiger partial charge in [0.2, 0.25) is 0 Å². The van der Waals surface area contributed by atoms with E-state index < -0.39 is 0 Å². The van der Waals surface area contributed by atoms with Gasteiger partial charge in [-0.05, 0) is 35.4 Å². The zero-order valence-corrected chi connectivity index (χ0v) is 10.2. The summed E-state index contributed by atoms with van der Waals surface area (Å²) in [7, 11) is 0. The second-order valence-corrected chi connectivity index (χ2v) is 5.33. The fourth-order valence-electron chi connectivity index (χ4n) is 1.66. The van der Waals surface area contributed by atoms with Crippen molar-refractivity contribution in [2.75, 3.05) is 0 Å². The summed E-state index contributed by atoms with van der Waals surface area (Å²) in [5, 5.41) is 0. The Kier molecular flexibility index (Phi) is 2.98. The summed E-state index contributed by atoms with van der Waals surface area (Å²) in [5.74, 6) is 0.511. The maximum Gasteiger partial charge on any atom is 0.0432 e. The molecule has 0 atom stereocenters. The van der Waals surface area contributed by atoms with Crippen LogP contribution in [0.25, 0.3) is 0 Å². The molecule has 0 aliphatic heterocycles. The van der Waals surface area contributed by atoms with Crippen LogP contribution in [0.3, 0.4) is 0 Å². The number of aryl methyl sites for hydroxylation is 1. The summed E-state index contributed by atoms with van der Waals surface area (Å²) < 4.78 is 0. The number of hydrogen-bond acceptors (Lipinski definition) is 1. The second-order valence-electron chi connectivity index (χ2n) is 5.33. The van der Waals surface area contributed by atoms with Crippen LogP contribution >= 0.6 is 0 Å². The van der Waals surface area contributed by atoms with Crippen LogP contribution in [0, 0.1) is 6.92 Å². The van der Waals surface area contributed by atoms with Crippen LogP contribution < -0.4 is 0 Å². The average Bonchev–Trinajstić information content (AvgIpc) is 2.02. The molecule has 0 spiro atoms. The van der Waals surface area contributed by atoms with Gasteiger partial charge in [-0.3, -0.25) is 4.98 Å². The second kappa shape index (κ2) is 3.72. The lowest BCUT2D eigenvalue weighted by Gasteiger charge is -2.22. The first-order valence-corrected chi connectivity index (χ1v) is 5.29. The van der Waals surface area contributed by atoms with Gasteiger partial charge in [-0.15, -0.1) is 0 Å². The van der Waals surface area contributed by atoms with Crippen molar-refractivity contribution in [1.82, 2.24) is 4.98 Å². The minimum absolute atomic E-state index is 0.219. The number of hydrogen-bond donors (Lipinski definition) is 0. The van der Waals surface area contributed by atoms with E-state index in [0.29, 0.717) is 5.92 Å². The largest absolute Gasteiger partial charge is 0.261 e. The van der Waals surface area contributed by atoms with Gasteiger partial charge in [0, 0.05) is 11.9 Å². The Balaban J connectivity index is 3.22. The molecule has 0 amide bonds. The predicted molar refractivity (Wildman–Crippen MR) is 61.8 cm³/mol. The van der Waals surface area contributed by atoms with E-state index in [0.717, 1.165) is 0 Å². The normalized spacial score (nSPS) is 12.2. The van der Waals surface area contributed by atoms with E-state index in [4.69, 9.17) is 0 Å². The topological polar surface area (TPSA) is 12.9 Å². The fourth-order valence-corrected chi connectivity index (χ4v) is 1.66. The molecular formula is C13H21N. The van der Waals surface area contributed by atoms with Gasteiger partial charge in [0.25, 0.3) is 0 Å². The third kappa shape index (κ3) is 2.34. The SMILES string of the molecule is Cc1cnc(C(C)C)cc1C(C)(C)C. The number of pyridine rings is 1. The van der Waals surface area contributed by atoms with E-state index in [1.54, 1.807) is 0 Å². The lowest BCUT2D eigenvalue weighted by atomic mass is 9.84. The Morgan fingerprint density at radius 3 is 2.21 bits per heavy atom. The lowest BCUT2D eigenvalue weighted by molar-refractivity contribution is 0.582. The lowest BCUT2D eigenvalue weighted by Crippen LogP contribution is -2.14. The van der Waals surface area contributed by atoms with Gasteiger partial charge < -0.3 is 0 Å². The van der Waals surface area contributed by atoms with Crippen molar-refractivity contribution in [3.63, 3.8) is 0 Å². The molecule has 1 heterocycles. The summed E-state index contributed by atoms with van der Waals surface area (Å²) in [6.07, 6.45) is 2.00. The molecule has 1 rings (SSSR count). The fraction of sp³-hybridized carbons (Fsp3) is 0.615. The molecule has 1 nitrogen and oxygen atoms in total. The molecular weight excluding hydrogens is 170 g/mol. The Morgan fingerprint density at radius 2 is 1.79 bits per heavy atom. The van der Waals surface area contributed by atoms with Crippen LogP contribution in [-0.4, -0.2) is 4.98 Å². The Bertz CT molecular complexity index is 318. The van der Waals surface area contributed by atoms with Crippen molar-refractivity contribution in [3.8, 4) is 0 Å². The Labute approximate surface area is 87.6 Å². The molecule has 0 aliphatic rings. The highest BCUT2D eigenvalue weighted by Crippen LogP contribution is 2.27. The molecule has 0 fully saturated rings. The molecule has 0 radical (unpaired) electrons. The van der Waals surface area contributed by atoms with E-state index in [9.17, 15) is 0 Å². The van der Waals surface area contributed by atoms with Gasteiger partial charge in [-0.2, -0.15) is 0 Å². The Hall–Kier alpha value is -0.850. The first kappa shape index (κ1) is 11.2. The predicted octanol–water partition coefficient (Wildman–Crippen LogP) is 3.81. The quantitative estimate of drug-likeness (QED) is 0.657. The van der Waals surface area contributed by atoms with Crippen molar-refractivity contribution >= 4 is 0 Å². The summed E-state index contributed by atoms with van der Waals surface area (Å²) in [5.41, 5.74) is 4.12. The van der Waals surface area contributed by atoms with Crippen molar-refractivity contribution in [2.45, 2.75) is 52.9 Å². The van der Waals surface area contributed by atoms with Crippen LogP contribution in [0.1, 0.15) is 57.4 Å². The van der Waals surface area contributed by atoms with Crippen molar-refractivity contribution in [3.05, 3.63) is 29.1 Å². The molecule has 0 aromatic carbocycles. The third-order valence-electron chi connectivity index (χ3n) is 2.52. The third-order valence-corrected chi connectivity index (χ3v) is 2.52. The summed E-state index contributed by atoms with van der Waals surface area (Å²) in [6, 6.07) is 2.25. The van der Waals surface area contributed by atoms with Gasteiger partial charge in [-0.1, -0.05) is 34.6 Å².